The first-order valence-corrected chi connectivity index (χ1v) is 8.77. The zero-order valence-corrected chi connectivity index (χ0v) is 15.6. The summed E-state index contributed by atoms with van der Waals surface area (Å²) in [4.78, 5) is 34.6. The van der Waals surface area contributed by atoms with E-state index in [1.807, 2.05) is 0 Å². The maximum absolute atomic E-state index is 12.2. The number of nitrogens with one attached hydrogen (secondary N) is 1. The summed E-state index contributed by atoms with van der Waals surface area (Å²) >= 11 is 0. The SMILES string of the molecule is COc1cc(C(C)=O)ccc1OCCCC(=O)NC1(CC(=O)O)CCOC1. The van der Waals surface area contributed by atoms with Crippen molar-refractivity contribution in [2.24, 2.45) is 0 Å². The summed E-state index contributed by atoms with van der Waals surface area (Å²) in [5.74, 6) is -0.317. The van der Waals surface area contributed by atoms with E-state index >= 15 is 0 Å². The molecule has 1 unspecified atom stereocenters. The Hall–Kier alpha value is -2.61. The lowest BCUT2D eigenvalue weighted by Gasteiger charge is -2.27. The zero-order valence-electron chi connectivity index (χ0n) is 15.6. The van der Waals surface area contributed by atoms with Crippen molar-refractivity contribution in [2.45, 2.75) is 38.1 Å². The highest BCUT2D eigenvalue weighted by Crippen LogP contribution is 2.28. The molecule has 1 aromatic carbocycles. The van der Waals surface area contributed by atoms with Gasteiger partial charge in [-0.1, -0.05) is 0 Å². The molecule has 0 radical (unpaired) electrons. The van der Waals surface area contributed by atoms with Crippen molar-refractivity contribution >= 4 is 17.7 Å². The quantitative estimate of drug-likeness (QED) is 0.471. The minimum Gasteiger partial charge on any atom is -0.493 e. The highest BCUT2D eigenvalue weighted by molar-refractivity contribution is 5.94. The second-order valence-electron chi connectivity index (χ2n) is 6.58. The van der Waals surface area contributed by atoms with Crippen LogP contribution in [0.3, 0.4) is 0 Å². The molecule has 1 aliphatic heterocycles. The molecule has 1 atom stereocenters. The number of Topliss-reactive ketones (excluding diaryl/α,β-unsaturated/α-hetero) is 1. The van der Waals surface area contributed by atoms with Gasteiger partial charge in [0.1, 0.15) is 0 Å². The molecule has 1 fully saturated rings. The van der Waals surface area contributed by atoms with Gasteiger partial charge in [0.15, 0.2) is 17.3 Å². The first kappa shape index (κ1) is 20.7. The van der Waals surface area contributed by atoms with Crippen LogP contribution in [0.2, 0.25) is 0 Å². The van der Waals surface area contributed by atoms with Gasteiger partial charge >= 0.3 is 5.97 Å². The average molecular weight is 379 g/mol. The van der Waals surface area contributed by atoms with Crippen LogP contribution in [-0.2, 0) is 14.3 Å². The van der Waals surface area contributed by atoms with Crippen molar-refractivity contribution in [1.29, 1.82) is 0 Å². The molecule has 1 saturated heterocycles. The van der Waals surface area contributed by atoms with Crippen LogP contribution in [0.15, 0.2) is 18.2 Å². The third-order valence-corrected chi connectivity index (χ3v) is 4.37. The maximum Gasteiger partial charge on any atom is 0.305 e. The fraction of sp³-hybridized carbons (Fsp3) is 0.526. The van der Waals surface area contributed by atoms with E-state index in [-0.39, 0.29) is 37.7 Å². The highest BCUT2D eigenvalue weighted by atomic mass is 16.5. The Balaban J connectivity index is 1.81. The number of ketones is 1. The van der Waals surface area contributed by atoms with E-state index in [2.05, 4.69) is 5.32 Å². The molecule has 0 saturated carbocycles. The number of hydrogen-bond acceptors (Lipinski definition) is 6. The van der Waals surface area contributed by atoms with Gasteiger partial charge in [-0.3, -0.25) is 14.4 Å². The number of carboxylic acids is 1. The maximum atomic E-state index is 12.2. The number of carbonyl (C=O) groups excluding carboxylic acids is 2. The minimum atomic E-state index is -0.967. The van der Waals surface area contributed by atoms with Gasteiger partial charge in [-0.15, -0.1) is 0 Å². The summed E-state index contributed by atoms with van der Waals surface area (Å²) < 4.78 is 16.1. The Morgan fingerprint density at radius 3 is 2.67 bits per heavy atom. The van der Waals surface area contributed by atoms with E-state index in [4.69, 9.17) is 19.3 Å². The molecular weight excluding hydrogens is 354 g/mol. The summed E-state index contributed by atoms with van der Waals surface area (Å²) in [6.45, 7) is 2.40. The predicted molar refractivity (Wildman–Crippen MR) is 96.3 cm³/mol. The van der Waals surface area contributed by atoms with Crippen molar-refractivity contribution in [2.75, 3.05) is 26.9 Å². The standard InChI is InChI=1S/C19H25NO7/c1-13(21)14-5-6-15(16(10-14)25-2)27-8-3-4-17(22)20-19(11-18(23)24)7-9-26-12-19/h5-6,10H,3-4,7-9,11-12H2,1-2H3,(H,20,22)(H,23,24). The number of amides is 1. The second-order valence-corrected chi connectivity index (χ2v) is 6.58. The topological polar surface area (TPSA) is 111 Å². The normalized spacial score (nSPS) is 18.7. The molecule has 1 heterocycles. The molecule has 1 aliphatic rings. The Morgan fingerprint density at radius 2 is 2.07 bits per heavy atom. The number of benzene rings is 1. The second kappa shape index (κ2) is 9.36. The molecule has 8 nitrogen and oxygen atoms in total. The van der Waals surface area contributed by atoms with E-state index in [0.29, 0.717) is 36.5 Å². The molecule has 0 aliphatic carbocycles. The van der Waals surface area contributed by atoms with Crippen LogP contribution in [0.5, 0.6) is 11.5 Å². The smallest absolute Gasteiger partial charge is 0.305 e. The molecule has 0 aromatic heterocycles. The van der Waals surface area contributed by atoms with Gasteiger partial charge in [0, 0.05) is 18.6 Å². The van der Waals surface area contributed by atoms with E-state index < -0.39 is 11.5 Å². The summed E-state index contributed by atoms with van der Waals surface area (Å²) in [6.07, 6.45) is 0.985. The van der Waals surface area contributed by atoms with Crippen LogP contribution in [0.1, 0.15) is 43.0 Å². The number of hydrogen-bond donors (Lipinski definition) is 2. The molecule has 148 valence electrons. The van der Waals surface area contributed by atoms with Gasteiger partial charge in [0.25, 0.3) is 0 Å². The van der Waals surface area contributed by atoms with Crippen LogP contribution >= 0.6 is 0 Å². The van der Waals surface area contributed by atoms with Crippen molar-refractivity contribution in [3.8, 4) is 11.5 Å². The Bertz CT molecular complexity index is 695. The molecule has 0 bridgehead atoms. The average Bonchev–Trinajstić information content (AvgIpc) is 3.05. The molecule has 27 heavy (non-hydrogen) atoms. The van der Waals surface area contributed by atoms with Crippen molar-refractivity contribution in [1.82, 2.24) is 5.32 Å². The fourth-order valence-corrected chi connectivity index (χ4v) is 2.96. The van der Waals surface area contributed by atoms with Gasteiger partial charge < -0.3 is 24.6 Å². The zero-order chi connectivity index (χ0) is 19.9. The number of ether oxygens (including phenoxy) is 3. The Morgan fingerprint density at radius 1 is 1.30 bits per heavy atom. The van der Waals surface area contributed by atoms with E-state index in [1.165, 1.54) is 14.0 Å². The lowest BCUT2D eigenvalue weighted by Crippen LogP contribution is -2.50. The fourth-order valence-electron chi connectivity index (χ4n) is 2.96. The van der Waals surface area contributed by atoms with Gasteiger partial charge in [0.2, 0.25) is 5.91 Å². The van der Waals surface area contributed by atoms with E-state index in [1.54, 1.807) is 18.2 Å². The van der Waals surface area contributed by atoms with Crippen LogP contribution in [0, 0.1) is 0 Å². The number of rotatable bonds is 10. The molecule has 8 heteroatoms. The van der Waals surface area contributed by atoms with Crippen molar-refractivity contribution < 1.29 is 33.7 Å². The summed E-state index contributed by atoms with van der Waals surface area (Å²) in [5, 5.41) is 11.8. The number of aliphatic carboxylic acids is 1. The molecular formula is C19H25NO7. The monoisotopic (exact) mass is 379 g/mol. The third kappa shape index (κ3) is 5.96. The Labute approximate surface area is 157 Å². The van der Waals surface area contributed by atoms with Gasteiger partial charge in [0.05, 0.1) is 32.3 Å². The number of carboxylic acid groups (broad SMARTS) is 1. The van der Waals surface area contributed by atoms with Gasteiger partial charge in [-0.05, 0) is 38.0 Å². The van der Waals surface area contributed by atoms with Crippen LogP contribution in [0.4, 0.5) is 0 Å². The molecule has 2 N–H and O–H groups in total. The molecule has 0 spiro atoms. The number of methoxy groups -OCH3 is 1. The van der Waals surface area contributed by atoms with Crippen molar-refractivity contribution in [3.05, 3.63) is 23.8 Å². The van der Waals surface area contributed by atoms with E-state index in [9.17, 15) is 14.4 Å². The first-order valence-electron chi connectivity index (χ1n) is 8.77. The predicted octanol–water partition coefficient (Wildman–Crippen LogP) is 1.81. The molecule has 2 rings (SSSR count). The highest BCUT2D eigenvalue weighted by Gasteiger charge is 2.38. The summed E-state index contributed by atoms with van der Waals surface area (Å²) in [7, 11) is 1.49. The first-order chi connectivity index (χ1) is 12.8. The van der Waals surface area contributed by atoms with Crippen molar-refractivity contribution in [3.63, 3.8) is 0 Å². The van der Waals surface area contributed by atoms with Gasteiger partial charge in [-0.2, -0.15) is 0 Å². The van der Waals surface area contributed by atoms with Crippen LogP contribution < -0.4 is 14.8 Å². The largest absolute Gasteiger partial charge is 0.493 e. The summed E-state index contributed by atoms with van der Waals surface area (Å²) in [5.41, 5.74) is -0.295. The lowest BCUT2D eigenvalue weighted by molar-refractivity contribution is -0.139. The Kier molecular flexibility index (Phi) is 7.18. The van der Waals surface area contributed by atoms with Crippen LogP contribution in [0.25, 0.3) is 0 Å². The lowest BCUT2D eigenvalue weighted by atomic mass is 9.94. The van der Waals surface area contributed by atoms with Gasteiger partial charge in [-0.25, -0.2) is 0 Å². The minimum absolute atomic E-state index is 0.0669. The molecule has 1 aromatic rings. The van der Waals surface area contributed by atoms with E-state index in [0.717, 1.165) is 0 Å². The number of carbonyl (C=O) groups is 3. The van der Waals surface area contributed by atoms with Crippen LogP contribution in [-0.4, -0.2) is 55.2 Å². The third-order valence-electron chi connectivity index (χ3n) is 4.37. The summed E-state index contributed by atoms with van der Waals surface area (Å²) in [6, 6.07) is 4.93. The molecule has 1 amide bonds.